The molecular formula is C15H19N3O. The van der Waals surface area contributed by atoms with Crippen molar-refractivity contribution in [3.05, 3.63) is 47.5 Å². The molecule has 4 nitrogen and oxygen atoms in total. The normalized spacial score (nSPS) is 14.6. The SMILES string of the molecule is Cc1ccc(OCc2cncn2C2CC2)c(CN)c1. The third kappa shape index (κ3) is 2.63. The highest BCUT2D eigenvalue weighted by atomic mass is 16.5. The number of aryl methyl sites for hydroxylation is 1. The molecule has 1 fully saturated rings. The maximum absolute atomic E-state index is 5.91. The first-order valence-corrected chi connectivity index (χ1v) is 6.71. The molecular weight excluding hydrogens is 238 g/mol. The van der Waals surface area contributed by atoms with E-state index < -0.39 is 0 Å². The number of ether oxygens (including phenoxy) is 1. The lowest BCUT2D eigenvalue weighted by molar-refractivity contribution is 0.292. The van der Waals surface area contributed by atoms with Crippen LogP contribution in [0.25, 0.3) is 0 Å². The van der Waals surface area contributed by atoms with Crippen LogP contribution in [0.4, 0.5) is 0 Å². The smallest absolute Gasteiger partial charge is 0.130 e. The van der Waals surface area contributed by atoms with E-state index in [-0.39, 0.29) is 0 Å². The molecule has 2 N–H and O–H groups in total. The lowest BCUT2D eigenvalue weighted by atomic mass is 10.1. The molecule has 1 aromatic carbocycles. The van der Waals surface area contributed by atoms with Gasteiger partial charge in [-0.05, 0) is 25.8 Å². The first-order chi connectivity index (χ1) is 9.28. The van der Waals surface area contributed by atoms with E-state index in [4.69, 9.17) is 10.5 Å². The fraction of sp³-hybridized carbons (Fsp3) is 0.400. The van der Waals surface area contributed by atoms with E-state index >= 15 is 0 Å². The Balaban J connectivity index is 1.73. The summed E-state index contributed by atoms with van der Waals surface area (Å²) >= 11 is 0. The average Bonchev–Trinajstić information content (AvgIpc) is 3.16. The quantitative estimate of drug-likeness (QED) is 0.895. The van der Waals surface area contributed by atoms with Gasteiger partial charge in [-0.3, -0.25) is 0 Å². The second kappa shape index (κ2) is 5.05. The van der Waals surface area contributed by atoms with Gasteiger partial charge in [0.2, 0.25) is 0 Å². The molecule has 1 saturated carbocycles. The molecule has 0 amide bonds. The highest BCUT2D eigenvalue weighted by molar-refractivity contribution is 5.36. The van der Waals surface area contributed by atoms with Gasteiger partial charge >= 0.3 is 0 Å². The van der Waals surface area contributed by atoms with Crippen LogP contribution in [0, 0.1) is 6.92 Å². The van der Waals surface area contributed by atoms with Crippen LogP contribution in [0.2, 0.25) is 0 Å². The Morgan fingerprint density at radius 1 is 1.42 bits per heavy atom. The third-order valence-electron chi connectivity index (χ3n) is 3.50. The molecule has 0 atom stereocenters. The van der Waals surface area contributed by atoms with Crippen molar-refractivity contribution in [1.82, 2.24) is 9.55 Å². The van der Waals surface area contributed by atoms with Crippen molar-refractivity contribution in [3.8, 4) is 5.75 Å². The van der Waals surface area contributed by atoms with Crippen molar-refractivity contribution in [2.45, 2.75) is 39.0 Å². The summed E-state index contributed by atoms with van der Waals surface area (Å²) in [7, 11) is 0. The Hall–Kier alpha value is -1.81. The molecule has 0 radical (unpaired) electrons. The van der Waals surface area contributed by atoms with Crippen molar-refractivity contribution in [2.24, 2.45) is 5.73 Å². The van der Waals surface area contributed by atoms with Gasteiger partial charge in [-0.15, -0.1) is 0 Å². The fourth-order valence-corrected chi connectivity index (χ4v) is 2.29. The van der Waals surface area contributed by atoms with Crippen LogP contribution >= 0.6 is 0 Å². The Kier molecular flexibility index (Phi) is 3.25. The van der Waals surface area contributed by atoms with Gasteiger partial charge in [0, 0.05) is 18.2 Å². The van der Waals surface area contributed by atoms with Gasteiger partial charge in [0.1, 0.15) is 12.4 Å². The molecule has 19 heavy (non-hydrogen) atoms. The topological polar surface area (TPSA) is 53.1 Å². The summed E-state index contributed by atoms with van der Waals surface area (Å²) in [5.41, 5.74) is 9.15. The van der Waals surface area contributed by atoms with Crippen molar-refractivity contribution >= 4 is 0 Å². The summed E-state index contributed by atoms with van der Waals surface area (Å²) in [6.45, 7) is 3.11. The lowest BCUT2D eigenvalue weighted by Gasteiger charge is -2.12. The van der Waals surface area contributed by atoms with Gasteiger partial charge in [0.05, 0.1) is 18.2 Å². The minimum atomic E-state index is 0.499. The van der Waals surface area contributed by atoms with Crippen LogP contribution in [0.15, 0.2) is 30.7 Å². The number of hydrogen-bond donors (Lipinski definition) is 1. The van der Waals surface area contributed by atoms with Crippen molar-refractivity contribution in [3.63, 3.8) is 0 Å². The first-order valence-electron chi connectivity index (χ1n) is 6.71. The van der Waals surface area contributed by atoms with Gasteiger partial charge < -0.3 is 15.0 Å². The zero-order valence-corrected chi connectivity index (χ0v) is 11.2. The molecule has 0 spiro atoms. The highest BCUT2D eigenvalue weighted by Crippen LogP contribution is 2.35. The van der Waals surface area contributed by atoms with Crippen molar-refractivity contribution in [1.29, 1.82) is 0 Å². The molecule has 1 aromatic heterocycles. The molecule has 0 saturated heterocycles. The molecule has 4 heteroatoms. The summed E-state index contributed by atoms with van der Waals surface area (Å²) in [5.74, 6) is 0.872. The summed E-state index contributed by atoms with van der Waals surface area (Å²) in [4.78, 5) is 4.21. The number of aromatic nitrogens is 2. The fourth-order valence-electron chi connectivity index (χ4n) is 2.29. The zero-order valence-electron chi connectivity index (χ0n) is 11.2. The van der Waals surface area contributed by atoms with Crippen molar-refractivity contribution < 1.29 is 4.74 Å². The number of nitrogens with two attached hydrogens (primary N) is 1. The summed E-state index contributed by atoms with van der Waals surface area (Å²) in [5, 5.41) is 0. The lowest BCUT2D eigenvalue weighted by Crippen LogP contribution is -2.06. The van der Waals surface area contributed by atoms with Crippen LogP contribution in [0.5, 0.6) is 5.75 Å². The number of rotatable bonds is 5. The van der Waals surface area contributed by atoms with Gasteiger partial charge in [-0.25, -0.2) is 4.98 Å². The predicted octanol–water partition coefficient (Wildman–Crippen LogP) is 2.56. The van der Waals surface area contributed by atoms with E-state index in [0.29, 0.717) is 19.2 Å². The van der Waals surface area contributed by atoms with Crippen LogP contribution < -0.4 is 10.5 Å². The van der Waals surface area contributed by atoms with Gasteiger partial charge in [0.25, 0.3) is 0 Å². The highest BCUT2D eigenvalue weighted by Gasteiger charge is 2.25. The largest absolute Gasteiger partial charge is 0.487 e. The molecule has 0 bridgehead atoms. The standard InChI is InChI=1S/C15H19N3O/c1-11-2-5-15(12(6-11)7-16)19-9-14-8-17-10-18(14)13-3-4-13/h2,5-6,8,10,13H,3-4,7,9,16H2,1H3. The summed E-state index contributed by atoms with van der Waals surface area (Å²) < 4.78 is 8.12. The zero-order chi connectivity index (χ0) is 13.2. The van der Waals surface area contributed by atoms with E-state index in [2.05, 4.69) is 22.5 Å². The Morgan fingerprint density at radius 3 is 3.00 bits per heavy atom. The molecule has 100 valence electrons. The molecule has 1 aliphatic rings. The second-order valence-corrected chi connectivity index (χ2v) is 5.13. The van der Waals surface area contributed by atoms with Gasteiger partial charge in [0.15, 0.2) is 0 Å². The Morgan fingerprint density at radius 2 is 2.26 bits per heavy atom. The molecule has 1 aliphatic carbocycles. The van der Waals surface area contributed by atoms with E-state index in [9.17, 15) is 0 Å². The summed E-state index contributed by atoms with van der Waals surface area (Å²) in [6, 6.07) is 6.75. The van der Waals surface area contributed by atoms with E-state index in [0.717, 1.165) is 17.0 Å². The average molecular weight is 257 g/mol. The predicted molar refractivity (Wildman–Crippen MR) is 73.9 cm³/mol. The monoisotopic (exact) mass is 257 g/mol. The third-order valence-corrected chi connectivity index (χ3v) is 3.50. The Labute approximate surface area is 113 Å². The van der Waals surface area contributed by atoms with E-state index in [1.54, 1.807) is 0 Å². The minimum Gasteiger partial charge on any atom is -0.487 e. The van der Waals surface area contributed by atoms with E-state index in [1.807, 2.05) is 24.7 Å². The molecule has 0 unspecified atom stereocenters. The molecule has 1 heterocycles. The maximum Gasteiger partial charge on any atom is 0.130 e. The molecule has 3 rings (SSSR count). The molecule has 2 aromatic rings. The second-order valence-electron chi connectivity index (χ2n) is 5.13. The van der Waals surface area contributed by atoms with Crippen LogP contribution in [-0.2, 0) is 13.2 Å². The van der Waals surface area contributed by atoms with Crippen molar-refractivity contribution in [2.75, 3.05) is 0 Å². The van der Waals surface area contributed by atoms with Crippen LogP contribution in [0.3, 0.4) is 0 Å². The summed E-state index contributed by atoms with van der Waals surface area (Å²) in [6.07, 6.45) is 6.29. The van der Waals surface area contributed by atoms with Gasteiger partial charge in [-0.2, -0.15) is 0 Å². The number of imidazole rings is 1. The minimum absolute atomic E-state index is 0.499. The van der Waals surface area contributed by atoms with E-state index in [1.165, 1.54) is 18.4 Å². The van der Waals surface area contributed by atoms with Crippen LogP contribution in [0.1, 0.15) is 35.7 Å². The van der Waals surface area contributed by atoms with Gasteiger partial charge in [-0.1, -0.05) is 17.7 Å². The molecule has 0 aliphatic heterocycles. The maximum atomic E-state index is 5.91. The number of nitrogens with zero attached hydrogens (tertiary/aromatic N) is 2. The Bertz CT molecular complexity index is 573. The first kappa shape index (κ1) is 12.2. The number of hydrogen-bond acceptors (Lipinski definition) is 3. The number of benzene rings is 1. The van der Waals surface area contributed by atoms with Crippen LogP contribution in [-0.4, -0.2) is 9.55 Å².